The maximum Gasteiger partial charge on any atom is 0.203 e. The third kappa shape index (κ3) is 4.47. The standard InChI is InChI=1S/C23H28FN5S/c1-3-11-28-22(19-6-4-5-18(2)16-19)25-29(23(28)30)17-26-12-14-27(15-13-26)21-9-7-20(24)8-10-21/h4-10,16H,3,11-15,17H2,1-2H3/p+1. The first kappa shape index (κ1) is 20.8. The van der Waals surface area contributed by atoms with Gasteiger partial charge in [0.1, 0.15) is 5.82 Å². The van der Waals surface area contributed by atoms with E-state index >= 15 is 0 Å². The summed E-state index contributed by atoms with van der Waals surface area (Å²) in [5.74, 6) is 0.763. The van der Waals surface area contributed by atoms with Crippen molar-refractivity contribution in [2.75, 3.05) is 31.1 Å². The lowest BCUT2D eigenvalue weighted by atomic mass is 10.1. The monoisotopic (exact) mass is 426 g/mol. The second-order valence-electron chi connectivity index (χ2n) is 8.00. The number of halogens is 1. The molecule has 158 valence electrons. The second-order valence-corrected chi connectivity index (χ2v) is 8.36. The number of aromatic nitrogens is 3. The van der Waals surface area contributed by atoms with Crippen molar-refractivity contribution >= 4 is 17.9 Å². The van der Waals surface area contributed by atoms with Gasteiger partial charge in [0.2, 0.25) is 4.77 Å². The third-order valence-electron chi connectivity index (χ3n) is 5.68. The molecule has 2 heterocycles. The molecule has 0 aliphatic carbocycles. The summed E-state index contributed by atoms with van der Waals surface area (Å²) in [7, 11) is 0. The van der Waals surface area contributed by atoms with Crippen LogP contribution in [0.1, 0.15) is 18.9 Å². The number of quaternary nitrogens is 1. The number of nitrogens with one attached hydrogen (secondary N) is 1. The highest BCUT2D eigenvalue weighted by Crippen LogP contribution is 2.20. The molecule has 1 fully saturated rings. The second kappa shape index (κ2) is 9.10. The van der Waals surface area contributed by atoms with Crippen molar-refractivity contribution in [3.63, 3.8) is 0 Å². The molecule has 0 atom stereocenters. The zero-order chi connectivity index (χ0) is 21.1. The van der Waals surface area contributed by atoms with Crippen LogP contribution in [0, 0.1) is 17.5 Å². The Balaban J connectivity index is 1.49. The van der Waals surface area contributed by atoms with E-state index < -0.39 is 0 Å². The first-order chi connectivity index (χ1) is 14.5. The lowest BCUT2D eigenvalue weighted by molar-refractivity contribution is -0.924. The molecule has 1 aliphatic heterocycles. The van der Waals surface area contributed by atoms with E-state index in [1.54, 1.807) is 0 Å². The fraction of sp³-hybridized carbons (Fsp3) is 0.391. The van der Waals surface area contributed by atoms with Gasteiger partial charge in [-0.25, -0.2) is 4.39 Å². The van der Waals surface area contributed by atoms with Crippen LogP contribution < -0.4 is 9.80 Å². The number of benzene rings is 2. The molecule has 30 heavy (non-hydrogen) atoms. The van der Waals surface area contributed by atoms with Crippen LogP contribution in [0.4, 0.5) is 10.1 Å². The zero-order valence-corrected chi connectivity index (χ0v) is 18.5. The average molecular weight is 427 g/mol. The number of hydrogen-bond donors (Lipinski definition) is 1. The minimum Gasteiger partial charge on any atom is -0.360 e. The van der Waals surface area contributed by atoms with Crippen LogP contribution >= 0.6 is 12.2 Å². The first-order valence-electron chi connectivity index (χ1n) is 10.6. The third-order valence-corrected chi connectivity index (χ3v) is 6.11. The summed E-state index contributed by atoms with van der Waals surface area (Å²) < 4.78 is 18.1. The van der Waals surface area contributed by atoms with Crippen molar-refractivity contribution in [3.8, 4) is 11.4 Å². The highest BCUT2D eigenvalue weighted by atomic mass is 32.1. The minimum atomic E-state index is -0.190. The Morgan fingerprint density at radius 1 is 1.10 bits per heavy atom. The topological polar surface area (TPSA) is 30.4 Å². The highest BCUT2D eigenvalue weighted by Gasteiger charge is 2.22. The van der Waals surface area contributed by atoms with E-state index in [4.69, 9.17) is 17.3 Å². The number of anilines is 1. The molecule has 1 aliphatic rings. The van der Waals surface area contributed by atoms with E-state index in [0.717, 1.165) is 67.7 Å². The molecular formula is C23H29FN5S+. The highest BCUT2D eigenvalue weighted by molar-refractivity contribution is 7.71. The Labute approximate surface area is 182 Å². The lowest BCUT2D eigenvalue weighted by Gasteiger charge is -2.33. The quantitative estimate of drug-likeness (QED) is 0.614. The molecule has 1 aromatic heterocycles. The first-order valence-corrected chi connectivity index (χ1v) is 11.0. The van der Waals surface area contributed by atoms with Gasteiger partial charge in [0.25, 0.3) is 0 Å². The average Bonchev–Trinajstić information content (AvgIpc) is 3.05. The lowest BCUT2D eigenvalue weighted by Crippen LogP contribution is -3.14. The maximum absolute atomic E-state index is 13.2. The summed E-state index contributed by atoms with van der Waals surface area (Å²) in [5.41, 5.74) is 3.42. The number of hydrogen-bond acceptors (Lipinski definition) is 3. The summed E-state index contributed by atoms with van der Waals surface area (Å²) in [6, 6.07) is 15.2. The van der Waals surface area contributed by atoms with Crippen LogP contribution in [0.5, 0.6) is 0 Å². The summed E-state index contributed by atoms with van der Waals surface area (Å²) in [4.78, 5) is 3.78. The summed E-state index contributed by atoms with van der Waals surface area (Å²) in [6.07, 6.45) is 1.02. The fourth-order valence-electron chi connectivity index (χ4n) is 4.07. The van der Waals surface area contributed by atoms with Gasteiger partial charge in [-0.3, -0.25) is 4.57 Å². The predicted molar refractivity (Wildman–Crippen MR) is 121 cm³/mol. The molecule has 1 saturated heterocycles. The largest absolute Gasteiger partial charge is 0.360 e. The molecule has 4 rings (SSSR count). The van der Waals surface area contributed by atoms with Crippen molar-refractivity contribution in [1.29, 1.82) is 0 Å². The van der Waals surface area contributed by atoms with E-state index in [0.29, 0.717) is 0 Å². The molecular weight excluding hydrogens is 397 g/mol. The van der Waals surface area contributed by atoms with Crippen LogP contribution in [0.2, 0.25) is 0 Å². The van der Waals surface area contributed by atoms with Gasteiger partial charge in [-0.1, -0.05) is 30.7 Å². The van der Waals surface area contributed by atoms with Crippen LogP contribution in [-0.2, 0) is 13.2 Å². The summed E-state index contributed by atoms with van der Waals surface area (Å²) in [6.45, 7) is 9.78. The summed E-state index contributed by atoms with van der Waals surface area (Å²) >= 11 is 5.80. The van der Waals surface area contributed by atoms with E-state index in [1.165, 1.54) is 22.6 Å². The van der Waals surface area contributed by atoms with Gasteiger partial charge < -0.3 is 9.80 Å². The van der Waals surface area contributed by atoms with Gasteiger partial charge in [-0.15, -0.1) is 5.10 Å². The predicted octanol–water partition coefficient (Wildman–Crippen LogP) is 3.30. The van der Waals surface area contributed by atoms with Gasteiger partial charge in [-0.05, 0) is 55.9 Å². The molecule has 0 spiro atoms. The zero-order valence-electron chi connectivity index (χ0n) is 17.6. The van der Waals surface area contributed by atoms with Gasteiger partial charge in [0.05, 0.1) is 26.2 Å². The summed E-state index contributed by atoms with van der Waals surface area (Å²) in [5, 5.41) is 4.92. The van der Waals surface area contributed by atoms with Crippen molar-refractivity contribution < 1.29 is 9.29 Å². The molecule has 0 radical (unpaired) electrons. The van der Waals surface area contributed by atoms with E-state index in [1.807, 2.05) is 16.8 Å². The van der Waals surface area contributed by atoms with Crippen molar-refractivity contribution in [3.05, 3.63) is 64.7 Å². The molecule has 0 bridgehead atoms. The minimum absolute atomic E-state index is 0.190. The molecule has 1 N–H and O–H groups in total. The van der Waals surface area contributed by atoms with Gasteiger partial charge in [-0.2, -0.15) is 4.68 Å². The SMILES string of the molecule is CCCn1c(-c2cccc(C)c2)nn(C[NH+]2CCN(c3ccc(F)cc3)CC2)c1=S. The van der Waals surface area contributed by atoms with Gasteiger partial charge >= 0.3 is 0 Å². The normalized spacial score (nSPS) is 15.0. The molecule has 0 unspecified atom stereocenters. The van der Waals surface area contributed by atoms with Gasteiger partial charge in [0.15, 0.2) is 12.5 Å². The van der Waals surface area contributed by atoms with Gasteiger partial charge in [0, 0.05) is 17.8 Å². The Morgan fingerprint density at radius 3 is 2.50 bits per heavy atom. The molecule has 2 aromatic carbocycles. The van der Waals surface area contributed by atoms with Crippen LogP contribution in [0.15, 0.2) is 48.5 Å². The maximum atomic E-state index is 13.2. The Hall–Kier alpha value is -2.51. The van der Waals surface area contributed by atoms with E-state index in [2.05, 4.69) is 47.6 Å². The number of nitrogens with zero attached hydrogens (tertiary/aromatic N) is 4. The van der Waals surface area contributed by atoms with Crippen LogP contribution in [-0.4, -0.2) is 40.5 Å². The number of aryl methyl sites for hydroxylation is 1. The Kier molecular flexibility index (Phi) is 6.29. The molecule has 3 aromatic rings. The molecule has 5 nitrogen and oxygen atoms in total. The Bertz CT molecular complexity index is 1050. The van der Waals surface area contributed by atoms with Crippen molar-refractivity contribution in [1.82, 2.24) is 14.3 Å². The van der Waals surface area contributed by atoms with Crippen molar-refractivity contribution in [2.45, 2.75) is 33.5 Å². The molecule has 0 saturated carbocycles. The van der Waals surface area contributed by atoms with Crippen LogP contribution in [0.3, 0.4) is 0 Å². The van der Waals surface area contributed by atoms with E-state index in [9.17, 15) is 4.39 Å². The van der Waals surface area contributed by atoms with Crippen LogP contribution in [0.25, 0.3) is 11.4 Å². The van der Waals surface area contributed by atoms with Crippen molar-refractivity contribution in [2.24, 2.45) is 0 Å². The number of piperazine rings is 1. The molecule has 0 amide bonds. The van der Waals surface area contributed by atoms with E-state index in [-0.39, 0.29) is 5.82 Å². The fourth-order valence-corrected chi connectivity index (χ4v) is 4.35. The number of rotatable bonds is 6. The Morgan fingerprint density at radius 2 is 1.83 bits per heavy atom. The molecule has 7 heteroatoms. The smallest absolute Gasteiger partial charge is 0.203 e.